The first-order valence-corrected chi connectivity index (χ1v) is 15.6. The molecule has 3 heterocycles. The van der Waals surface area contributed by atoms with Crippen molar-refractivity contribution < 1.29 is 28.5 Å². The number of nitrogens with zero attached hydrogens (tertiary/aromatic N) is 3. The lowest BCUT2D eigenvalue weighted by molar-refractivity contribution is -0.146. The van der Waals surface area contributed by atoms with Gasteiger partial charge in [-0.3, -0.25) is 9.36 Å². The second-order valence-corrected chi connectivity index (χ2v) is 13.3. The molecule has 0 spiro atoms. The van der Waals surface area contributed by atoms with Crippen molar-refractivity contribution in [2.24, 2.45) is 11.8 Å². The van der Waals surface area contributed by atoms with Gasteiger partial charge in [-0.15, -0.1) is 11.3 Å². The standard InChI is InChI=1S/C32H37N3O8S/c1-17-25-28(36)35(32(2,3)30(37)38)31(39)34(29(25)44-26(17)27-33-10-11-42-27)16-24(22-8-6-7-9-23(22)41-5)43-21-14-18-12-20(40-4)13-19(18)15-21/h6-11,18-21,24H,12-16H2,1-5H3,(H,37,38)/t18-,19+,20?,21?,24?. The van der Waals surface area contributed by atoms with E-state index in [0.29, 0.717) is 38.7 Å². The number of oxazole rings is 1. The number of aliphatic carboxylic acids is 1. The fraction of sp³-hybridized carbons (Fsp3) is 0.500. The van der Waals surface area contributed by atoms with Crippen LogP contribution < -0.4 is 16.0 Å². The summed E-state index contributed by atoms with van der Waals surface area (Å²) in [6.07, 6.45) is 6.35. The summed E-state index contributed by atoms with van der Waals surface area (Å²) in [6.45, 7) is 4.49. The van der Waals surface area contributed by atoms with Crippen LogP contribution in [0.5, 0.6) is 5.75 Å². The molecule has 234 valence electrons. The number of aryl methyl sites for hydroxylation is 1. The number of carbonyl (C=O) groups is 1. The van der Waals surface area contributed by atoms with E-state index < -0.39 is 28.9 Å². The number of aromatic nitrogens is 3. The highest BCUT2D eigenvalue weighted by molar-refractivity contribution is 7.22. The predicted octanol–water partition coefficient (Wildman–Crippen LogP) is 4.98. The van der Waals surface area contributed by atoms with Gasteiger partial charge in [-0.25, -0.2) is 19.1 Å². The maximum absolute atomic E-state index is 14.3. The highest BCUT2D eigenvalue weighted by Gasteiger charge is 2.43. The van der Waals surface area contributed by atoms with Gasteiger partial charge in [-0.2, -0.15) is 0 Å². The first kappa shape index (κ1) is 30.3. The van der Waals surface area contributed by atoms with Crippen LogP contribution in [0.4, 0.5) is 0 Å². The number of carboxylic acid groups (broad SMARTS) is 1. The van der Waals surface area contributed by atoms with Crippen LogP contribution in [0, 0.1) is 18.8 Å². The molecule has 2 fully saturated rings. The summed E-state index contributed by atoms with van der Waals surface area (Å²) >= 11 is 1.22. The van der Waals surface area contributed by atoms with Crippen LogP contribution in [-0.2, 0) is 26.4 Å². The second-order valence-electron chi connectivity index (χ2n) is 12.3. The third kappa shape index (κ3) is 5.08. The van der Waals surface area contributed by atoms with Crippen molar-refractivity contribution >= 4 is 27.5 Å². The molecule has 2 aliphatic rings. The minimum Gasteiger partial charge on any atom is -0.496 e. The van der Waals surface area contributed by atoms with Gasteiger partial charge in [0.1, 0.15) is 28.5 Å². The molecule has 0 radical (unpaired) electrons. The van der Waals surface area contributed by atoms with Crippen molar-refractivity contribution in [2.45, 2.75) is 76.9 Å². The molecule has 6 rings (SSSR count). The number of para-hydroxylation sites is 1. The van der Waals surface area contributed by atoms with E-state index in [1.54, 1.807) is 21.1 Å². The Labute approximate surface area is 258 Å². The minimum atomic E-state index is -1.82. The van der Waals surface area contributed by atoms with Crippen molar-refractivity contribution in [2.75, 3.05) is 14.2 Å². The number of ether oxygens (including phenoxy) is 3. The molecule has 44 heavy (non-hydrogen) atoms. The van der Waals surface area contributed by atoms with Crippen molar-refractivity contribution in [1.29, 1.82) is 0 Å². The monoisotopic (exact) mass is 623 g/mol. The van der Waals surface area contributed by atoms with Crippen molar-refractivity contribution in [3.63, 3.8) is 0 Å². The zero-order valence-corrected chi connectivity index (χ0v) is 26.3. The molecular weight excluding hydrogens is 586 g/mol. The second kappa shape index (κ2) is 11.6. The van der Waals surface area contributed by atoms with Gasteiger partial charge in [0.15, 0.2) is 0 Å². The van der Waals surface area contributed by atoms with Crippen LogP contribution >= 0.6 is 11.3 Å². The Hall–Kier alpha value is -3.74. The van der Waals surface area contributed by atoms with Gasteiger partial charge >= 0.3 is 11.7 Å². The number of fused-ring (bicyclic) bond motifs is 2. The molecule has 0 bridgehead atoms. The summed E-state index contributed by atoms with van der Waals surface area (Å²) in [5.74, 6) is 0.656. The number of thiophene rings is 1. The molecular formula is C32H37N3O8S. The number of carboxylic acids is 1. The van der Waals surface area contributed by atoms with Crippen LogP contribution in [0.2, 0.25) is 0 Å². The molecule has 0 amide bonds. The van der Waals surface area contributed by atoms with E-state index in [0.717, 1.165) is 35.8 Å². The highest BCUT2D eigenvalue weighted by Crippen LogP contribution is 2.47. The van der Waals surface area contributed by atoms with Crippen molar-refractivity contribution in [3.05, 3.63) is 68.7 Å². The van der Waals surface area contributed by atoms with Crippen LogP contribution in [0.25, 0.3) is 21.0 Å². The van der Waals surface area contributed by atoms with E-state index in [1.807, 2.05) is 24.3 Å². The van der Waals surface area contributed by atoms with Gasteiger partial charge in [0.25, 0.3) is 5.56 Å². The summed E-state index contributed by atoms with van der Waals surface area (Å²) in [5.41, 5.74) is -1.90. The number of hydrogen-bond acceptors (Lipinski definition) is 9. The quantitative estimate of drug-likeness (QED) is 0.260. The molecule has 2 aliphatic carbocycles. The maximum Gasteiger partial charge on any atom is 0.333 e. The molecule has 11 nitrogen and oxygen atoms in total. The molecule has 1 aromatic carbocycles. The van der Waals surface area contributed by atoms with E-state index >= 15 is 0 Å². The summed E-state index contributed by atoms with van der Waals surface area (Å²) in [7, 11) is 3.35. The lowest BCUT2D eigenvalue weighted by atomic mass is 10.0. The number of rotatable bonds is 10. The Morgan fingerprint density at radius 1 is 1.14 bits per heavy atom. The van der Waals surface area contributed by atoms with Crippen LogP contribution in [0.15, 0.2) is 50.7 Å². The summed E-state index contributed by atoms with van der Waals surface area (Å²) in [6, 6.07) is 7.53. The van der Waals surface area contributed by atoms with E-state index in [2.05, 4.69) is 4.98 Å². The first-order valence-electron chi connectivity index (χ1n) is 14.8. The molecule has 5 atom stereocenters. The number of methoxy groups -OCH3 is 2. The van der Waals surface area contributed by atoms with Gasteiger partial charge in [0.2, 0.25) is 5.89 Å². The van der Waals surface area contributed by atoms with E-state index in [4.69, 9.17) is 18.6 Å². The molecule has 1 N–H and O–H groups in total. The molecule has 3 aromatic heterocycles. The summed E-state index contributed by atoms with van der Waals surface area (Å²) < 4.78 is 26.1. The zero-order chi connectivity index (χ0) is 31.3. The highest BCUT2D eigenvalue weighted by atomic mass is 32.1. The third-order valence-electron chi connectivity index (χ3n) is 9.37. The summed E-state index contributed by atoms with van der Waals surface area (Å²) in [4.78, 5) is 45.8. The smallest absolute Gasteiger partial charge is 0.333 e. The Kier molecular flexibility index (Phi) is 8.02. The van der Waals surface area contributed by atoms with E-state index in [1.165, 1.54) is 42.2 Å². The number of benzene rings is 1. The molecule has 0 aliphatic heterocycles. The fourth-order valence-electron chi connectivity index (χ4n) is 6.99. The Morgan fingerprint density at radius 3 is 2.43 bits per heavy atom. The predicted molar refractivity (Wildman–Crippen MR) is 164 cm³/mol. The van der Waals surface area contributed by atoms with Gasteiger partial charge in [-0.05, 0) is 69.9 Å². The average Bonchev–Trinajstić information content (AvgIpc) is 3.78. The Balaban J connectivity index is 1.50. The van der Waals surface area contributed by atoms with Gasteiger partial charge in [-0.1, -0.05) is 18.2 Å². The fourth-order valence-corrected chi connectivity index (χ4v) is 8.23. The average molecular weight is 624 g/mol. The van der Waals surface area contributed by atoms with Gasteiger partial charge in [0, 0.05) is 12.7 Å². The van der Waals surface area contributed by atoms with Crippen molar-refractivity contribution in [3.8, 4) is 16.5 Å². The molecule has 2 saturated carbocycles. The zero-order valence-electron chi connectivity index (χ0n) is 25.4. The van der Waals surface area contributed by atoms with Gasteiger partial charge in [0.05, 0.1) is 42.3 Å². The maximum atomic E-state index is 14.3. The largest absolute Gasteiger partial charge is 0.496 e. The molecule has 0 saturated heterocycles. The van der Waals surface area contributed by atoms with Crippen molar-refractivity contribution in [1.82, 2.24) is 14.1 Å². The SMILES string of the molecule is COc1ccccc1C(Cn1c(=O)n(C(C)(C)C(=O)O)c(=O)c2c(C)c(-c3ncco3)sc21)OC1C[C@H]2CC(OC)C[C@H]2C1. The van der Waals surface area contributed by atoms with Crippen LogP contribution in [0.1, 0.15) is 56.8 Å². The topological polar surface area (TPSA) is 135 Å². The van der Waals surface area contributed by atoms with Crippen LogP contribution in [0.3, 0.4) is 0 Å². The van der Waals surface area contributed by atoms with Gasteiger partial charge < -0.3 is 23.7 Å². The van der Waals surface area contributed by atoms with E-state index in [-0.39, 0.29) is 24.1 Å². The first-order chi connectivity index (χ1) is 21.0. The lowest BCUT2D eigenvalue weighted by Gasteiger charge is -2.27. The van der Waals surface area contributed by atoms with E-state index in [9.17, 15) is 19.5 Å². The Bertz CT molecular complexity index is 1790. The third-order valence-corrected chi connectivity index (χ3v) is 10.7. The minimum absolute atomic E-state index is 0.0309. The molecule has 4 aromatic rings. The molecule has 12 heteroatoms. The Morgan fingerprint density at radius 2 is 1.82 bits per heavy atom. The normalized spacial score (nSPS) is 22.4. The molecule has 3 unspecified atom stereocenters. The number of hydrogen-bond donors (Lipinski definition) is 1. The lowest BCUT2D eigenvalue weighted by Crippen LogP contribution is -2.52. The van der Waals surface area contributed by atoms with Crippen LogP contribution in [-0.4, -0.2) is 51.6 Å². The summed E-state index contributed by atoms with van der Waals surface area (Å²) in [5, 5.41) is 10.3.